The third kappa shape index (κ3) is 2.74. The molecule has 0 radical (unpaired) electrons. The maximum Gasteiger partial charge on any atom is 0.0947 e. The smallest absolute Gasteiger partial charge is 0.0947 e. The van der Waals surface area contributed by atoms with Crippen molar-refractivity contribution in [1.29, 1.82) is 0 Å². The highest BCUT2D eigenvalue weighted by atomic mass is 16.5. The summed E-state index contributed by atoms with van der Waals surface area (Å²) in [6.07, 6.45) is 2.48. The molecule has 0 atom stereocenters. The molecule has 0 fully saturated rings. The van der Waals surface area contributed by atoms with Gasteiger partial charge in [0.2, 0.25) is 0 Å². The van der Waals surface area contributed by atoms with E-state index in [2.05, 4.69) is 11.6 Å². The fourth-order valence-corrected chi connectivity index (χ4v) is 0.960. The lowest BCUT2D eigenvalue weighted by Gasteiger charge is -2.05. The summed E-state index contributed by atoms with van der Waals surface area (Å²) < 4.78 is 5.21. The van der Waals surface area contributed by atoms with Crippen LogP contribution in [-0.2, 0) is 11.2 Å². The molecule has 1 aromatic heterocycles. The third-order valence-electron chi connectivity index (χ3n) is 1.45. The first kappa shape index (κ1) is 8.78. The predicted octanol–water partition coefficient (Wildman–Crippen LogP) is 2.17. The maximum atomic E-state index is 5.21. The van der Waals surface area contributed by atoms with E-state index in [1.54, 1.807) is 6.20 Å². The molecule has 0 aromatic carbocycles. The standard InChI is InChI=1S/C10H13NO/c1-3-12-9(2)8-10-6-4-5-7-11-10/h4-7H,2-3,8H2,1H3. The lowest BCUT2D eigenvalue weighted by atomic mass is 10.2. The average Bonchev–Trinajstić information content (AvgIpc) is 2.06. The molecule has 12 heavy (non-hydrogen) atoms. The Balaban J connectivity index is 2.47. The van der Waals surface area contributed by atoms with Gasteiger partial charge in [0.1, 0.15) is 0 Å². The Morgan fingerprint density at radius 3 is 3.00 bits per heavy atom. The topological polar surface area (TPSA) is 22.1 Å². The Bertz CT molecular complexity index is 243. The molecule has 1 aromatic rings. The number of rotatable bonds is 4. The van der Waals surface area contributed by atoms with Crippen LogP contribution in [0.15, 0.2) is 36.7 Å². The second-order valence-corrected chi connectivity index (χ2v) is 2.47. The molecule has 0 bridgehead atoms. The lowest BCUT2D eigenvalue weighted by Crippen LogP contribution is -1.96. The molecule has 0 aliphatic heterocycles. The SMILES string of the molecule is C=C(Cc1ccccn1)OCC. The van der Waals surface area contributed by atoms with Gasteiger partial charge >= 0.3 is 0 Å². The summed E-state index contributed by atoms with van der Waals surface area (Å²) in [4.78, 5) is 4.16. The van der Waals surface area contributed by atoms with Crippen LogP contribution in [-0.4, -0.2) is 11.6 Å². The first-order valence-electron chi connectivity index (χ1n) is 4.03. The van der Waals surface area contributed by atoms with Gasteiger partial charge in [-0.25, -0.2) is 0 Å². The van der Waals surface area contributed by atoms with Crippen LogP contribution in [0.25, 0.3) is 0 Å². The van der Waals surface area contributed by atoms with Crippen molar-refractivity contribution in [3.8, 4) is 0 Å². The van der Waals surface area contributed by atoms with Gasteiger partial charge in [0.15, 0.2) is 0 Å². The van der Waals surface area contributed by atoms with Gasteiger partial charge in [0, 0.05) is 18.3 Å². The molecule has 0 saturated carbocycles. The average molecular weight is 163 g/mol. The number of allylic oxidation sites excluding steroid dienone is 1. The number of aromatic nitrogens is 1. The van der Waals surface area contributed by atoms with Crippen molar-refractivity contribution < 1.29 is 4.74 Å². The summed E-state index contributed by atoms with van der Waals surface area (Å²) in [6.45, 7) is 6.40. The first-order chi connectivity index (χ1) is 5.83. The summed E-state index contributed by atoms with van der Waals surface area (Å²) in [5.74, 6) is 0.774. The van der Waals surface area contributed by atoms with E-state index in [4.69, 9.17) is 4.74 Å². The highest BCUT2D eigenvalue weighted by molar-refractivity contribution is 5.09. The summed E-state index contributed by atoms with van der Waals surface area (Å²) in [5, 5.41) is 0. The summed E-state index contributed by atoms with van der Waals surface area (Å²) >= 11 is 0. The highest BCUT2D eigenvalue weighted by Crippen LogP contribution is 2.03. The molecular formula is C10H13NO. The van der Waals surface area contributed by atoms with Crippen LogP contribution >= 0.6 is 0 Å². The van der Waals surface area contributed by atoms with E-state index >= 15 is 0 Å². The summed E-state index contributed by atoms with van der Waals surface area (Å²) in [6, 6.07) is 5.82. The monoisotopic (exact) mass is 163 g/mol. The quantitative estimate of drug-likeness (QED) is 0.635. The normalized spacial score (nSPS) is 9.42. The van der Waals surface area contributed by atoms with Crippen molar-refractivity contribution in [2.75, 3.05) is 6.61 Å². The Labute approximate surface area is 72.9 Å². The van der Waals surface area contributed by atoms with Crippen LogP contribution in [0.4, 0.5) is 0 Å². The largest absolute Gasteiger partial charge is 0.498 e. The maximum absolute atomic E-state index is 5.21. The van der Waals surface area contributed by atoms with Crippen molar-refractivity contribution in [2.45, 2.75) is 13.3 Å². The molecule has 2 heteroatoms. The second-order valence-electron chi connectivity index (χ2n) is 2.47. The number of ether oxygens (including phenoxy) is 1. The molecular weight excluding hydrogens is 150 g/mol. The van der Waals surface area contributed by atoms with Gasteiger partial charge < -0.3 is 4.74 Å². The fourth-order valence-electron chi connectivity index (χ4n) is 0.960. The number of hydrogen-bond acceptors (Lipinski definition) is 2. The minimum atomic E-state index is 0.672. The third-order valence-corrected chi connectivity index (χ3v) is 1.45. The zero-order valence-corrected chi connectivity index (χ0v) is 7.29. The van der Waals surface area contributed by atoms with Crippen molar-refractivity contribution in [3.63, 3.8) is 0 Å². The van der Waals surface area contributed by atoms with Crippen molar-refractivity contribution in [1.82, 2.24) is 4.98 Å². The number of pyridine rings is 1. The van der Waals surface area contributed by atoms with E-state index < -0.39 is 0 Å². The van der Waals surface area contributed by atoms with E-state index in [0.29, 0.717) is 13.0 Å². The lowest BCUT2D eigenvalue weighted by molar-refractivity contribution is 0.224. The molecule has 64 valence electrons. The zero-order valence-electron chi connectivity index (χ0n) is 7.29. The Kier molecular flexibility index (Phi) is 3.33. The van der Waals surface area contributed by atoms with E-state index in [9.17, 15) is 0 Å². The predicted molar refractivity (Wildman–Crippen MR) is 48.7 cm³/mol. The van der Waals surface area contributed by atoms with Crippen molar-refractivity contribution in [2.24, 2.45) is 0 Å². The van der Waals surface area contributed by atoms with Crippen LogP contribution in [0.5, 0.6) is 0 Å². The van der Waals surface area contributed by atoms with Crippen molar-refractivity contribution in [3.05, 3.63) is 42.4 Å². The summed E-state index contributed by atoms with van der Waals surface area (Å²) in [7, 11) is 0. The molecule has 0 spiro atoms. The fraction of sp³-hybridized carbons (Fsp3) is 0.300. The molecule has 0 amide bonds. The van der Waals surface area contributed by atoms with Crippen LogP contribution in [0.2, 0.25) is 0 Å². The second kappa shape index (κ2) is 4.54. The zero-order chi connectivity index (χ0) is 8.81. The van der Waals surface area contributed by atoms with Gasteiger partial charge in [-0.3, -0.25) is 4.98 Å². The molecule has 1 rings (SSSR count). The Morgan fingerprint density at radius 1 is 1.58 bits per heavy atom. The first-order valence-corrected chi connectivity index (χ1v) is 4.03. The molecule has 0 unspecified atom stereocenters. The molecule has 0 saturated heterocycles. The van der Waals surface area contributed by atoms with Gasteiger partial charge in [-0.1, -0.05) is 12.6 Å². The Hall–Kier alpha value is -1.31. The molecule has 0 aliphatic rings. The van der Waals surface area contributed by atoms with E-state index in [0.717, 1.165) is 11.5 Å². The molecule has 2 nitrogen and oxygen atoms in total. The van der Waals surface area contributed by atoms with Crippen LogP contribution in [0.3, 0.4) is 0 Å². The number of hydrogen-bond donors (Lipinski definition) is 0. The van der Waals surface area contributed by atoms with Crippen LogP contribution in [0.1, 0.15) is 12.6 Å². The minimum absolute atomic E-state index is 0.672. The van der Waals surface area contributed by atoms with E-state index in [1.807, 2.05) is 25.1 Å². The molecule has 1 heterocycles. The van der Waals surface area contributed by atoms with Gasteiger partial charge in [0.25, 0.3) is 0 Å². The van der Waals surface area contributed by atoms with Crippen molar-refractivity contribution >= 4 is 0 Å². The van der Waals surface area contributed by atoms with Crippen LogP contribution < -0.4 is 0 Å². The summed E-state index contributed by atoms with van der Waals surface area (Å²) in [5.41, 5.74) is 0.996. The highest BCUT2D eigenvalue weighted by Gasteiger charge is 1.96. The van der Waals surface area contributed by atoms with Gasteiger partial charge in [-0.05, 0) is 19.1 Å². The minimum Gasteiger partial charge on any atom is -0.498 e. The van der Waals surface area contributed by atoms with E-state index in [1.165, 1.54) is 0 Å². The van der Waals surface area contributed by atoms with Gasteiger partial charge in [-0.15, -0.1) is 0 Å². The molecule has 0 N–H and O–H groups in total. The molecule has 0 aliphatic carbocycles. The Morgan fingerprint density at radius 2 is 2.42 bits per heavy atom. The van der Waals surface area contributed by atoms with E-state index in [-0.39, 0.29) is 0 Å². The van der Waals surface area contributed by atoms with Gasteiger partial charge in [0.05, 0.1) is 12.4 Å². The van der Waals surface area contributed by atoms with Gasteiger partial charge in [-0.2, -0.15) is 0 Å². The van der Waals surface area contributed by atoms with Crippen LogP contribution in [0, 0.1) is 0 Å². The number of nitrogens with zero attached hydrogens (tertiary/aromatic N) is 1.